The van der Waals surface area contributed by atoms with Crippen molar-refractivity contribution in [1.29, 1.82) is 0 Å². The summed E-state index contributed by atoms with van der Waals surface area (Å²) in [7, 11) is 0. The fourth-order valence-electron chi connectivity index (χ4n) is 2.18. The molecule has 0 radical (unpaired) electrons. The van der Waals surface area contributed by atoms with E-state index in [9.17, 15) is 14.4 Å². The van der Waals surface area contributed by atoms with Crippen LogP contribution in [-0.2, 0) is 16.1 Å². The Morgan fingerprint density at radius 3 is 2.68 bits per heavy atom. The molecule has 19 heavy (non-hydrogen) atoms. The number of carboxylic acids is 1. The molecule has 2 rings (SSSR count). The van der Waals surface area contributed by atoms with Crippen molar-refractivity contribution in [2.24, 2.45) is 5.41 Å². The summed E-state index contributed by atoms with van der Waals surface area (Å²) in [6.07, 6.45) is 0.450. The van der Waals surface area contributed by atoms with E-state index in [1.165, 1.54) is 9.47 Å². The van der Waals surface area contributed by atoms with Crippen molar-refractivity contribution in [3.8, 4) is 0 Å². The first kappa shape index (κ1) is 13.8. The molecule has 0 aliphatic carbocycles. The SMILES string of the molecule is Cc1csc(=O)n1CC(=O)N1CCC(C)(C(=O)O)C1. The Morgan fingerprint density at radius 1 is 1.53 bits per heavy atom. The average molecular weight is 284 g/mol. The summed E-state index contributed by atoms with van der Waals surface area (Å²) >= 11 is 1.06. The molecule has 1 amide bonds. The summed E-state index contributed by atoms with van der Waals surface area (Å²) in [5.41, 5.74) is -0.117. The minimum Gasteiger partial charge on any atom is -0.481 e. The monoisotopic (exact) mass is 284 g/mol. The second-order valence-electron chi connectivity index (χ2n) is 5.16. The zero-order valence-electron chi connectivity index (χ0n) is 10.9. The van der Waals surface area contributed by atoms with Crippen molar-refractivity contribution in [1.82, 2.24) is 9.47 Å². The quantitative estimate of drug-likeness (QED) is 0.878. The molecule has 2 heterocycles. The number of carboxylic acid groups (broad SMARTS) is 1. The Balaban J connectivity index is 2.07. The van der Waals surface area contributed by atoms with Crippen molar-refractivity contribution < 1.29 is 14.7 Å². The smallest absolute Gasteiger partial charge is 0.311 e. The van der Waals surface area contributed by atoms with Gasteiger partial charge in [-0.25, -0.2) is 0 Å². The third-order valence-corrected chi connectivity index (χ3v) is 4.49. The van der Waals surface area contributed by atoms with E-state index in [1.807, 2.05) is 0 Å². The predicted molar refractivity (Wildman–Crippen MR) is 70.3 cm³/mol. The van der Waals surface area contributed by atoms with E-state index in [0.717, 1.165) is 17.0 Å². The molecular weight excluding hydrogens is 268 g/mol. The molecule has 1 aromatic rings. The molecule has 1 aliphatic rings. The first-order chi connectivity index (χ1) is 8.83. The molecular formula is C12H16N2O4S. The summed E-state index contributed by atoms with van der Waals surface area (Å²) in [5.74, 6) is -1.08. The van der Waals surface area contributed by atoms with Gasteiger partial charge in [0.2, 0.25) is 5.91 Å². The lowest BCUT2D eigenvalue weighted by Gasteiger charge is -2.20. The molecule has 1 N–H and O–H groups in total. The van der Waals surface area contributed by atoms with E-state index in [2.05, 4.69) is 0 Å². The molecule has 104 valence electrons. The highest BCUT2D eigenvalue weighted by molar-refractivity contribution is 7.07. The average Bonchev–Trinajstić information content (AvgIpc) is 2.88. The number of aliphatic carboxylic acids is 1. The van der Waals surface area contributed by atoms with E-state index >= 15 is 0 Å². The minimum atomic E-state index is -0.883. The maximum absolute atomic E-state index is 12.1. The van der Waals surface area contributed by atoms with E-state index < -0.39 is 11.4 Å². The van der Waals surface area contributed by atoms with Gasteiger partial charge in [-0.05, 0) is 20.3 Å². The van der Waals surface area contributed by atoms with Gasteiger partial charge in [0.25, 0.3) is 0 Å². The van der Waals surface area contributed by atoms with Gasteiger partial charge in [0.05, 0.1) is 5.41 Å². The van der Waals surface area contributed by atoms with E-state index in [1.54, 1.807) is 19.2 Å². The van der Waals surface area contributed by atoms with Gasteiger partial charge in [-0.1, -0.05) is 11.3 Å². The zero-order valence-corrected chi connectivity index (χ0v) is 11.7. The highest BCUT2D eigenvalue weighted by Gasteiger charge is 2.42. The Kier molecular flexibility index (Phi) is 3.49. The number of hydrogen-bond donors (Lipinski definition) is 1. The number of carbonyl (C=O) groups excluding carboxylic acids is 1. The number of hydrogen-bond acceptors (Lipinski definition) is 4. The van der Waals surface area contributed by atoms with Crippen LogP contribution in [0.15, 0.2) is 10.2 Å². The normalized spacial score (nSPS) is 22.7. The lowest BCUT2D eigenvalue weighted by molar-refractivity contribution is -0.147. The molecule has 7 heteroatoms. The highest BCUT2D eigenvalue weighted by atomic mass is 32.1. The molecule has 1 atom stereocenters. The van der Waals surface area contributed by atoms with Crippen LogP contribution in [0, 0.1) is 12.3 Å². The van der Waals surface area contributed by atoms with Crippen LogP contribution in [0.4, 0.5) is 0 Å². The second kappa shape index (κ2) is 4.80. The highest BCUT2D eigenvalue weighted by Crippen LogP contribution is 2.30. The molecule has 0 spiro atoms. The van der Waals surface area contributed by atoms with Crippen molar-refractivity contribution >= 4 is 23.2 Å². The standard InChI is InChI=1S/C12H16N2O4S/c1-8-6-19-11(18)14(8)5-9(15)13-4-3-12(2,7-13)10(16)17/h6H,3-5,7H2,1-2H3,(H,16,17). The van der Waals surface area contributed by atoms with Crippen molar-refractivity contribution in [3.63, 3.8) is 0 Å². The number of thiazole rings is 1. The molecule has 1 unspecified atom stereocenters. The first-order valence-corrected chi connectivity index (χ1v) is 6.87. The fraction of sp³-hybridized carbons (Fsp3) is 0.583. The number of aromatic nitrogens is 1. The van der Waals surface area contributed by atoms with E-state index in [4.69, 9.17) is 5.11 Å². The molecule has 0 bridgehead atoms. The summed E-state index contributed by atoms with van der Waals surface area (Å²) in [6.45, 7) is 4.05. The van der Waals surface area contributed by atoms with Gasteiger partial charge < -0.3 is 10.0 Å². The summed E-state index contributed by atoms with van der Waals surface area (Å²) in [4.78, 5) is 36.1. The number of rotatable bonds is 3. The Morgan fingerprint density at radius 2 is 2.21 bits per heavy atom. The minimum absolute atomic E-state index is 0.0101. The van der Waals surface area contributed by atoms with Gasteiger partial charge in [-0.2, -0.15) is 0 Å². The summed E-state index contributed by atoms with van der Waals surface area (Å²) < 4.78 is 1.42. The number of likely N-dealkylation sites (tertiary alicyclic amines) is 1. The first-order valence-electron chi connectivity index (χ1n) is 5.99. The van der Waals surface area contributed by atoms with Gasteiger partial charge in [-0.3, -0.25) is 19.0 Å². The fourth-order valence-corrected chi connectivity index (χ4v) is 2.91. The van der Waals surface area contributed by atoms with Crippen molar-refractivity contribution in [2.75, 3.05) is 13.1 Å². The van der Waals surface area contributed by atoms with Gasteiger partial charge in [0.1, 0.15) is 6.54 Å². The molecule has 0 aromatic carbocycles. The third-order valence-electron chi connectivity index (χ3n) is 3.61. The topological polar surface area (TPSA) is 79.6 Å². The van der Waals surface area contributed by atoms with Crippen LogP contribution in [0.1, 0.15) is 19.0 Å². The molecule has 1 fully saturated rings. The van der Waals surface area contributed by atoms with Crippen LogP contribution >= 0.6 is 11.3 Å². The third kappa shape index (κ3) is 2.56. The Labute approximate surface area is 114 Å². The van der Waals surface area contributed by atoms with Crippen LogP contribution in [-0.4, -0.2) is 39.5 Å². The Bertz CT molecular complexity index is 577. The van der Waals surface area contributed by atoms with Gasteiger partial charge in [0.15, 0.2) is 0 Å². The van der Waals surface area contributed by atoms with Gasteiger partial charge in [-0.15, -0.1) is 0 Å². The zero-order chi connectivity index (χ0) is 14.2. The lowest BCUT2D eigenvalue weighted by atomic mass is 9.90. The number of nitrogens with zero attached hydrogens (tertiary/aromatic N) is 2. The maximum Gasteiger partial charge on any atom is 0.311 e. The predicted octanol–water partition coefficient (Wildman–Crippen LogP) is 0.541. The molecule has 1 saturated heterocycles. The van der Waals surface area contributed by atoms with E-state index in [-0.39, 0.29) is 23.9 Å². The van der Waals surface area contributed by atoms with Gasteiger partial charge in [0, 0.05) is 24.2 Å². The summed E-state index contributed by atoms with van der Waals surface area (Å²) in [6, 6.07) is 0. The van der Waals surface area contributed by atoms with Crippen LogP contribution in [0.5, 0.6) is 0 Å². The van der Waals surface area contributed by atoms with Crippen LogP contribution in [0.25, 0.3) is 0 Å². The van der Waals surface area contributed by atoms with Crippen LogP contribution in [0.3, 0.4) is 0 Å². The second-order valence-corrected chi connectivity index (χ2v) is 5.98. The lowest BCUT2D eigenvalue weighted by Crippen LogP contribution is -2.37. The molecule has 0 saturated carbocycles. The van der Waals surface area contributed by atoms with Gasteiger partial charge >= 0.3 is 10.8 Å². The largest absolute Gasteiger partial charge is 0.481 e. The van der Waals surface area contributed by atoms with Crippen molar-refractivity contribution in [2.45, 2.75) is 26.8 Å². The molecule has 1 aliphatic heterocycles. The number of aryl methyl sites for hydroxylation is 1. The summed E-state index contributed by atoms with van der Waals surface area (Å²) in [5, 5.41) is 10.8. The Hall–Kier alpha value is -1.63. The maximum atomic E-state index is 12.1. The van der Waals surface area contributed by atoms with Crippen molar-refractivity contribution in [3.05, 3.63) is 20.7 Å². The van der Waals surface area contributed by atoms with Crippen LogP contribution in [0.2, 0.25) is 0 Å². The number of amides is 1. The molecule has 6 nitrogen and oxygen atoms in total. The molecule has 1 aromatic heterocycles. The van der Waals surface area contributed by atoms with Crippen LogP contribution < -0.4 is 4.87 Å². The van der Waals surface area contributed by atoms with E-state index in [0.29, 0.717) is 13.0 Å². The number of carbonyl (C=O) groups is 2.